The van der Waals surface area contributed by atoms with E-state index in [9.17, 15) is 18.8 Å². The van der Waals surface area contributed by atoms with Crippen LogP contribution in [-0.4, -0.2) is 62.4 Å². The Balaban J connectivity index is 1.91. The fraction of sp³-hybridized carbons (Fsp3) is 0.400. The lowest BCUT2D eigenvalue weighted by Crippen LogP contribution is -2.55. The van der Waals surface area contributed by atoms with Gasteiger partial charge in [-0.15, -0.1) is 11.8 Å². The second-order valence-electron chi connectivity index (χ2n) is 6.76. The smallest absolute Gasteiger partial charge is 0.303 e. The fourth-order valence-corrected chi connectivity index (χ4v) is 4.26. The van der Waals surface area contributed by atoms with Gasteiger partial charge in [0.15, 0.2) is 29.5 Å². The predicted molar refractivity (Wildman–Crippen MR) is 109 cm³/mol. The molecular formula is C20H20FN3O7S. The average Bonchev–Trinajstić information content (AvgIpc) is 2.73. The van der Waals surface area contributed by atoms with Crippen LogP contribution in [0.1, 0.15) is 20.8 Å². The molecule has 2 aromatic heterocycles. The van der Waals surface area contributed by atoms with Crippen molar-refractivity contribution in [2.75, 3.05) is 5.75 Å². The third-order valence-corrected chi connectivity index (χ3v) is 5.46. The number of esters is 3. The number of carbonyl (C=O) groups excluding carboxylic acids is 3. The third kappa shape index (κ3) is 5.90. The lowest BCUT2D eigenvalue weighted by Gasteiger charge is -2.39. The highest BCUT2D eigenvalue weighted by Crippen LogP contribution is 2.35. The zero-order chi connectivity index (χ0) is 23.3. The number of rotatable bonds is 6. The van der Waals surface area contributed by atoms with Gasteiger partial charge in [-0.25, -0.2) is 15.0 Å². The molecule has 0 saturated carbocycles. The van der Waals surface area contributed by atoms with Crippen molar-refractivity contribution in [3.63, 3.8) is 0 Å². The molecule has 0 unspecified atom stereocenters. The third-order valence-electron chi connectivity index (χ3n) is 4.25. The summed E-state index contributed by atoms with van der Waals surface area (Å²) in [6.07, 6.45) is 2.51. The first-order valence-corrected chi connectivity index (χ1v) is 10.5. The van der Waals surface area contributed by atoms with Gasteiger partial charge >= 0.3 is 17.9 Å². The van der Waals surface area contributed by atoms with E-state index < -0.39 is 47.6 Å². The number of pyridine rings is 1. The summed E-state index contributed by atoms with van der Waals surface area (Å²) in [5.41, 5.74) is 0.111. The Morgan fingerprint density at radius 2 is 1.56 bits per heavy atom. The van der Waals surface area contributed by atoms with Gasteiger partial charge < -0.3 is 18.9 Å². The van der Waals surface area contributed by atoms with Gasteiger partial charge in [-0.3, -0.25) is 14.4 Å². The molecule has 0 aromatic carbocycles. The van der Waals surface area contributed by atoms with E-state index in [1.165, 1.54) is 51.8 Å². The molecule has 0 spiro atoms. The van der Waals surface area contributed by atoms with Crippen molar-refractivity contribution < 1.29 is 37.7 Å². The van der Waals surface area contributed by atoms with E-state index in [1.807, 2.05) is 0 Å². The predicted octanol–water partition coefficient (Wildman–Crippen LogP) is 1.92. The molecule has 0 radical (unpaired) electrons. The molecule has 10 nitrogen and oxygen atoms in total. The summed E-state index contributed by atoms with van der Waals surface area (Å²) >= 11 is 1.11. The number of halogens is 1. The molecule has 1 fully saturated rings. The number of nitrogens with zero attached hydrogens (tertiary/aromatic N) is 3. The number of hydrogen-bond donors (Lipinski definition) is 0. The van der Waals surface area contributed by atoms with Crippen molar-refractivity contribution >= 4 is 29.7 Å². The Morgan fingerprint density at radius 1 is 0.938 bits per heavy atom. The van der Waals surface area contributed by atoms with Crippen LogP contribution in [0.25, 0.3) is 11.1 Å². The van der Waals surface area contributed by atoms with Crippen LogP contribution >= 0.6 is 11.8 Å². The van der Waals surface area contributed by atoms with Crippen LogP contribution in [0.5, 0.6) is 5.75 Å². The van der Waals surface area contributed by atoms with Crippen LogP contribution in [0.15, 0.2) is 31.0 Å². The molecule has 1 aliphatic rings. The standard InChI is InChI=1S/C20H20FN3O7S/c1-10(25)28-16-8-32-20(18(30-12(3)27)17(16)29-11(2)26)31-15-4-13(7-24-19(15)21)14-5-22-9-23-6-14/h4-7,9,16-18,20H,8H2,1-3H3/t16-,17+,18-,20+/m1/s1. The van der Waals surface area contributed by atoms with Crippen LogP contribution in [0.3, 0.4) is 0 Å². The minimum absolute atomic E-state index is 0.154. The number of ether oxygens (including phenoxy) is 4. The molecule has 3 rings (SSSR count). The Kier molecular flexibility index (Phi) is 7.57. The van der Waals surface area contributed by atoms with Gasteiger partial charge in [-0.05, 0) is 6.07 Å². The van der Waals surface area contributed by atoms with E-state index >= 15 is 0 Å². The topological polar surface area (TPSA) is 127 Å². The lowest BCUT2D eigenvalue weighted by atomic mass is 10.1. The zero-order valence-corrected chi connectivity index (χ0v) is 18.2. The number of carbonyl (C=O) groups is 3. The molecule has 4 atom stereocenters. The van der Waals surface area contributed by atoms with Crippen molar-refractivity contribution in [1.29, 1.82) is 0 Å². The van der Waals surface area contributed by atoms with E-state index in [-0.39, 0.29) is 11.5 Å². The first-order valence-electron chi connectivity index (χ1n) is 9.45. The van der Waals surface area contributed by atoms with Gasteiger partial charge in [0.25, 0.3) is 5.95 Å². The Labute approximate surface area is 186 Å². The molecule has 1 aliphatic heterocycles. The van der Waals surface area contributed by atoms with E-state index in [1.54, 1.807) is 0 Å². The van der Waals surface area contributed by atoms with E-state index in [0.29, 0.717) is 11.1 Å². The number of thioether (sulfide) groups is 1. The Hall–Kier alpha value is -3.28. The van der Waals surface area contributed by atoms with Gasteiger partial charge in [-0.2, -0.15) is 4.39 Å². The average molecular weight is 465 g/mol. The van der Waals surface area contributed by atoms with E-state index in [0.717, 1.165) is 11.8 Å². The SMILES string of the molecule is CC(=O)O[C@@H]1[C@@H](OC(C)=O)[C@@H](Oc2cc(-c3cncnc3)cnc2F)SC[C@H]1OC(C)=O. The largest absolute Gasteiger partial charge is 0.471 e. The highest BCUT2D eigenvalue weighted by Gasteiger charge is 2.48. The zero-order valence-electron chi connectivity index (χ0n) is 17.4. The van der Waals surface area contributed by atoms with Gasteiger partial charge in [0.05, 0.1) is 0 Å². The number of aromatic nitrogens is 3. The summed E-state index contributed by atoms with van der Waals surface area (Å²) in [4.78, 5) is 46.4. The summed E-state index contributed by atoms with van der Waals surface area (Å²) < 4.78 is 36.1. The molecule has 3 heterocycles. The van der Waals surface area contributed by atoms with Crippen molar-refractivity contribution in [2.45, 2.75) is 44.5 Å². The maximum absolute atomic E-state index is 14.4. The minimum Gasteiger partial charge on any atom is -0.471 e. The Morgan fingerprint density at radius 3 is 2.19 bits per heavy atom. The first kappa shape index (κ1) is 23.4. The van der Waals surface area contributed by atoms with Crippen LogP contribution in [0, 0.1) is 5.95 Å². The van der Waals surface area contributed by atoms with Crippen LogP contribution in [0.2, 0.25) is 0 Å². The molecule has 170 valence electrons. The summed E-state index contributed by atoms with van der Waals surface area (Å²) in [6, 6.07) is 1.41. The molecule has 32 heavy (non-hydrogen) atoms. The van der Waals surface area contributed by atoms with Crippen molar-refractivity contribution in [1.82, 2.24) is 15.0 Å². The Bertz CT molecular complexity index is 994. The van der Waals surface area contributed by atoms with Crippen molar-refractivity contribution in [2.24, 2.45) is 0 Å². The lowest BCUT2D eigenvalue weighted by molar-refractivity contribution is -0.186. The van der Waals surface area contributed by atoms with Gasteiger partial charge in [0.2, 0.25) is 0 Å². The first-order chi connectivity index (χ1) is 15.2. The van der Waals surface area contributed by atoms with Crippen LogP contribution in [0.4, 0.5) is 4.39 Å². The highest BCUT2D eigenvalue weighted by atomic mass is 32.2. The maximum atomic E-state index is 14.4. The molecule has 12 heteroatoms. The van der Waals surface area contributed by atoms with Gasteiger partial charge in [0, 0.05) is 56.2 Å². The maximum Gasteiger partial charge on any atom is 0.303 e. The van der Waals surface area contributed by atoms with E-state index in [2.05, 4.69) is 15.0 Å². The summed E-state index contributed by atoms with van der Waals surface area (Å²) in [7, 11) is 0. The second-order valence-corrected chi connectivity index (χ2v) is 7.89. The van der Waals surface area contributed by atoms with Crippen molar-refractivity contribution in [3.05, 3.63) is 36.9 Å². The molecule has 1 saturated heterocycles. The van der Waals surface area contributed by atoms with Crippen LogP contribution in [-0.2, 0) is 28.6 Å². The fourth-order valence-electron chi connectivity index (χ4n) is 3.05. The molecule has 0 aliphatic carbocycles. The summed E-state index contributed by atoms with van der Waals surface area (Å²) in [5, 5.41) is 0. The second kappa shape index (κ2) is 10.4. The van der Waals surface area contributed by atoms with E-state index in [4.69, 9.17) is 18.9 Å². The molecule has 0 amide bonds. The van der Waals surface area contributed by atoms with Gasteiger partial charge in [0.1, 0.15) is 6.33 Å². The normalized spacial score (nSPS) is 22.5. The van der Waals surface area contributed by atoms with Crippen molar-refractivity contribution in [3.8, 4) is 16.9 Å². The summed E-state index contributed by atoms with van der Waals surface area (Å²) in [6.45, 7) is 3.54. The monoisotopic (exact) mass is 465 g/mol. The van der Waals surface area contributed by atoms with Gasteiger partial charge in [-0.1, -0.05) is 0 Å². The molecule has 0 bridgehead atoms. The highest BCUT2D eigenvalue weighted by molar-refractivity contribution is 7.99. The summed E-state index contributed by atoms with van der Waals surface area (Å²) in [5.74, 6) is -2.90. The van der Waals surface area contributed by atoms with Crippen LogP contribution < -0.4 is 4.74 Å². The quantitative estimate of drug-likeness (QED) is 0.353. The number of hydrogen-bond acceptors (Lipinski definition) is 11. The molecular weight excluding hydrogens is 445 g/mol. The molecule has 0 N–H and O–H groups in total. The minimum atomic E-state index is -1.18. The molecule has 2 aromatic rings.